The van der Waals surface area contributed by atoms with Gasteiger partial charge in [0.25, 0.3) is 5.69 Å². The van der Waals surface area contributed by atoms with Gasteiger partial charge in [-0.15, -0.1) is 9.78 Å². The summed E-state index contributed by atoms with van der Waals surface area (Å²) < 4.78 is 128. The van der Waals surface area contributed by atoms with E-state index in [1.165, 1.54) is 90.3 Å². The Morgan fingerprint density at radius 3 is 1.92 bits per heavy atom. The topological polar surface area (TPSA) is 171 Å². The molecule has 6 aromatic rings. The van der Waals surface area contributed by atoms with E-state index in [-0.39, 0.29) is 44.1 Å². The zero-order valence-electron chi connectivity index (χ0n) is 27.4. The zero-order valence-corrected chi connectivity index (χ0v) is 29.0. The van der Waals surface area contributed by atoms with Crippen molar-refractivity contribution in [2.45, 2.75) is 36.0 Å². The highest BCUT2D eigenvalue weighted by molar-refractivity contribution is 7.91. The molecule has 21 heteroatoms. The molecular weight excluding hydrogens is 755 g/mol. The molecule has 0 amide bonds. The fraction of sp³-hybridized carbons (Fsp3) is 0.188. The SMILES string of the molecule is CCS(=O)(=O)c1ccc[n+]([O-])c1-c1c[n+](-c2ccc(C(F)(F)F)cc2)[nH]n1.CCS(=O)(=O)c1cccnc1-c1cn(-c2ccc(C(F)(F)F)cc2)nn1. The van der Waals surface area contributed by atoms with E-state index >= 15 is 0 Å². The molecule has 0 fully saturated rings. The van der Waals surface area contributed by atoms with Crippen molar-refractivity contribution in [2.24, 2.45) is 0 Å². The van der Waals surface area contributed by atoms with Gasteiger partial charge in [0.15, 0.2) is 37.8 Å². The molecule has 1 N–H and O–H groups in total. The van der Waals surface area contributed by atoms with E-state index in [9.17, 15) is 48.4 Å². The second kappa shape index (κ2) is 14.7. The Kier molecular flexibility index (Phi) is 10.7. The Bertz CT molecular complexity index is 2450. The Morgan fingerprint density at radius 1 is 0.774 bits per heavy atom. The second-order valence-corrected chi connectivity index (χ2v) is 15.4. The highest BCUT2D eigenvalue weighted by Crippen LogP contribution is 2.31. The number of halogens is 6. The Morgan fingerprint density at radius 2 is 1.34 bits per heavy atom. The minimum absolute atomic E-state index is 0.0296. The molecule has 278 valence electrons. The standard InChI is InChI=1S/C16H13F3N4O3S.C16H13F3N4O2S/c1-2-27(25,26)14-4-3-9-23(24)15(14)13-10-22(21-20-13)12-7-5-11(6-8-12)16(17,18)19;1-2-26(24,25)14-4-3-9-20-15(14)13-10-23(22-21-13)12-7-5-11(6-8-12)16(17,18)19/h3-10H,2H2,1H3;3-10H,2H2,1H3/p+1. The van der Waals surface area contributed by atoms with Crippen LogP contribution in [0.25, 0.3) is 34.2 Å². The van der Waals surface area contributed by atoms with Crippen LogP contribution >= 0.6 is 0 Å². The molecule has 13 nitrogen and oxygen atoms in total. The van der Waals surface area contributed by atoms with Crippen molar-refractivity contribution in [1.82, 2.24) is 30.3 Å². The number of pyridine rings is 2. The predicted octanol–water partition coefficient (Wildman–Crippen LogP) is 4.94. The number of nitrogens with zero attached hydrogens (tertiary/aromatic N) is 7. The molecule has 0 saturated carbocycles. The van der Waals surface area contributed by atoms with Crippen LogP contribution in [0.15, 0.2) is 107 Å². The molecule has 0 aliphatic carbocycles. The minimum atomic E-state index is -4.45. The molecule has 6 rings (SSSR count). The molecule has 0 spiro atoms. The number of rotatable bonds is 8. The van der Waals surface area contributed by atoms with E-state index in [1.54, 1.807) is 0 Å². The van der Waals surface area contributed by atoms with Crippen LogP contribution in [-0.4, -0.2) is 58.6 Å². The molecule has 0 aliphatic rings. The average molecular weight is 782 g/mol. The molecule has 2 aromatic carbocycles. The van der Waals surface area contributed by atoms with E-state index in [2.05, 4.69) is 25.6 Å². The predicted molar refractivity (Wildman–Crippen MR) is 175 cm³/mol. The molecule has 0 saturated heterocycles. The van der Waals surface area contributed by atoms with Gasteiger partial charge in [0.1, 0.15) is 16.3 Å². The van der Waals surface area contributed by atoms with Crippen molar-refractivity contribution in [3.05, 3.63) is 114 Å². The van der Waals surface area contributed by atoms with Crippen LogP contribution in [0.2, 0.25) is 0 Å². The molecule has 0 bridgehead atoms. The summed E-state index contributed by atoms with van der Waals surface area (Å²) in [6.45, 7) is 2.97. The second-order valence-electron chi connectivity index (χ2n) is 10.9. The van der Waals surface area contributed by atoms with E-state index < -0.39 is 43.2 Å². The Labute approximate surface area is 297 Å². The van der Waals surface area contributed by atoms with Crippen molar-refractivity contribution < 1.29 is 52.6 Å². The van der Waals surface area contributed by atoms with Crippen LogP contribution in [0.4, 0.5) is 26.3 Å². The maximum Gasteiger partial charge on any atom is 0.416 e. The quantitative estimate of drug-likeness (QED) is 0.128. The minimum Gasteiger partial charge on any atom is -0.618 e. The summed E-state index contributed by atoms with van der Waals surface area (Å²) in [6, 6.07) is 14.2. The lowest BCUT2D eigenvalue weighted by atomic mass is 10.2. The molecule has 0 unspecified atom stereocenters. The maximum absolute atomic E-state index is 12.7. The highest BCUT2D eigenvalue weighted by Gasteiger charge is 2.33. The largest absolute Gasteiger partial charge is 0.618 e. The van der Waals surface area contributed by atoms with Gasteiger partial charge >= 0.3 is 18.0 Å². The number of benzene rings is 2. The van der Waals surface area contributed by atoms with E-state index in [1.807, 2.05) is 0 Å². The van der Waals surface area contributed by atoms with Gasteiger partial charge in [0, 0.05) is 12.3 Å². The summed E-state index contributed by atoms with van der Waals surface area (Å²) in [7, 11) is -7.20. The number of aromatic amines is 1. The maximum atomic E-state index is 12.7. The fourth-order valence-electron chi connectivity index (χ4n) is 4.75. The Balaban J connectivity index is 0.000000204. The number of nitrogens with one attached hydrogen (secondary N) is 1. The molecule has 0 atom stereocenters. The summed E-state index contributed by atoms with van der Waals surface area (Å²) in [5.41, 5.74) is -0.669. The van der Waals surface area contributed by atoms with Crippen LogP contribution in [0.5, 0.6) is 0 Å². The lowest BCUT2D eigenvalue weighted by molar-refractivity contribution is -0.659. The van der Waals surface area contributed by atoms with Crippen LogP contribution in [0.3, 0.4) is 0 Å². The summed E-state index contributed by atoms with van der Waals surface area (Å²) in [5, 5.41) is 26.4. The van der Waals surface area contributed by atoms with Gasteiger partial charge in [-0.1, -0.05) is 24.3 Å². The van der Waals surface area contributed by atoms with Crippen molar-refractivity contribution in [2.75, 3.05) is 11.5 Å². The van der Waals surface area contributed by atoms with Gasteiger partial charge in [0.05, 0.1) is 44.5 Å². The lowest BCUT2D eigenvalue weighted by Crippen LogP contribution is -2.33. The van der Waals surface area contributed by atoms with Crippen LogP contribution in [-0.2, 0) is 32.0 Å². The third-order valence-corrected chi connectivity index (χ3v) is 11.1. The molecule has 0 radical (unpaired) electrons. The van der Waals surface area contributed by atoms with Gasteiger partial charge in [-0.2, -0.15) is 31.1 Å². The van der Waals surface area contributed by atoms with Gasteiger partial charge in [-0.25, -0.2) is 21.5 Å². The highest BCUT2D eigenvalue weighted by atomic mass is 32.2. The lowest BCUT2D eigenvalue weighted by Gasteiger charge is -2.07. The van der Waals surface area contributed by atoms with Crippen molar-refractivity contribution in [1.29, 1.82) is 0 Å². The summed E-state index contributed by atoms with van der Waals surface area (Å²) >= 11 is 0. The third kappa shape index (κ3) is 8.52. The average Bonchev–Trinajstić information content (AvgIpc) is 3.82. The number of hydrogen-bond acceptors (Lipinski definition) is 9. The van der Waals surface area contributed by atoms with E-state index in [4.69, 9.17) is 0 Å². The molecular formula is C32H27F6N8O5S2+. The third-order valence-electron chi connectivity index (χ3n) is 7.56. The monoisotopic (exact) mass is 781 g/mol. The van der Waals surface area contributed by atoms with Gasteiger partial charge in [-0.3, -0.25) is 4.98 Å². The van der Waals surface area contributed by atoms with Gasteiger partial charge < -0.3 is 5.21 Å². The first-order valence-corrected chi connectivity index (χ1v) is 18.5. The first-order valence-electron chi connectivity index (χ1n) is 15.2. The van der Waals surface area contributed by atoms with Gasteiger partial charge in [-0.05, 0) is 66.7 Å². The smallest absolute Gasteiger partial charge is 0.416 e. The number of aromatic nitrogens is 8. The number of alkyl halides is 6. The molecule has 0 aliphatic heterocycles. The number of sulfone groups is 2. The molecule has 4 heterocycles. The summed E-state index contributed by atoms with van der Waals surface area (Å²) in [5.74, 6) is -0.300. The number of hydrogen-bond donors (Lipinski definition) is 1. The Hall–Kier alpha value is -5.70. The van der Waals surface area contributed by atoms with Crippen LogP contribution < -0.4 is 9.41 Å². The zero-order chi connectivity index (χ0) is 38.8. The van der Waals surface area contributed by atoms with Crippen molar-refractivity contribution in [3.63, 3.8) is 0 Å². The fourth-order valence-corrected chi connectivity index (χ4v) is 6.89. The van der Waals surface area contributed by atoms with Crippen LogP contribution in [0, 0.1) is 5.21 Å². The van der Waals surface area contributed by atoms with Crippen molar-refractivity contribution in [3.8, 4) is 34.2 Å². The molecule has 4 aromatic heterocycles. The first-order chi connectivity index (χ1) is 24.9. The van der Waals surface area contributed by atoms with E-state index in [0.717, 1.165) is 30.5 Å². The van der Waals surface area contributed by atoms with Crippen molar-refractivity contribution >= 4 is 19.7 Å². The first kappa shape index (κ1) is 38.5. The van der Waals surface area contributed by atoms with Crippen LogP contribution in [0.1, 0.15) is 25.0 Å². The summed E-state index contributed by atoms with van der Waals surface area (Å²) in [4.78, 5) is 3.93. The van der Waals surface area contributed by atoms with E-state index in [0.29, 0.717) is 16.1 Å². The normalized spacial score (nSPS) is 12.3. The summed E-state index contributed by atoms with van der Waals surface area (Å²) in [6.07, 6.45) is -3.56. The number of H-pyrrole nitrogens is 1. The van der Waals surface area contributed by atoms with Gasteiger partial charge in [0.2, 0.25) is 0 Å². The molecule has 53 heavy (non-hydrogen) atoms.